The van der Waals surface area contributed by atoms with Crippen molar-refractivity contribution in [2.24, 2.45) is 5.14 Å². The van der Waals surface area contributed by atoms with Gasteiger partial charge in [0.25, 0.3) is 5.91 Å². The van der Waals surface area contributed by atoms with Gasteiger partial charge in [-0.25, -0.2) is 22.0 Å². The molecule has 0 bridgehead atoms. The molecular formula is C14H20N2O5S2. The number of benzene rings is 1. The molecule has 0 radical (unpaired) electrons. The van der Waals surface area contributed by atoms with Crippen molar-refractivity contribution in [1.29, 1.82) is 0 Å². The van der Waals surface area contributed by atoms with Gasteiger partial charge in [0, 0.05) is 13.1 Å². The number of sulfone groups is 1. The summed E-state index contributed by atoms with van der Waals surface area (Å²) >= 11 is 0. The zero-order valence-corrected chi connectivity index (χ0v) is 14.7. The molecule has 2 rings (SSSR count). The fraction of sp³-hybridized carbons (Fsp3) is 0.500. The predicted molar refractivity (Wildman–Crippen MR) is 86.3 cm³/mol. The molecule has 0 spiro atoms. The Bertz CT molecular complexity index is 831. The summed E-state index contributed by atoms with van der Waals surface area (Å²) in [5.41, 5.74) is 0.705. The van der Waals surface area contributed by atoms with Gasteiger partial charge in [0.15, 0.2) is 9.84 Å². The molecule has 128 valence electrons. The van der Waals surface area contributed by atoms with Crippen LogP contribution in [-0.4, -0.2) is 51.7 Å². The lowest BCUT2D eigenvalue weighted by Gasteiger charge is -2.21. The number of carbonyl (C=O) groups is 1. The molecule has 1 heterocycles. The first-order chi connectivity index (χ1) is 10.5. The van der Waals surface area contributed by atoms with Crippen LogP contribution in [0.4, 0.5) is 0 Å². The summed E-state index contributed by atoms with van der Waals surface area (Å²) in [4.78, 5) is 13.8. The maximum Gasteiger partial charge on any atom is 0.255 e. The van der Waals surface area contributed by atoms with E-state index >= 15 is 0 Å². The van der Waals surface area contributed by atoms with Gasteiger partial charge in [-0.1, -0.05) is 11.6 Å². The van der Waals surface area contributed by atoms with Crippen LogP contribution in [-0.2, 0) is 19.9 Å². The summed E-state index contributed by atoms with van der Waals surface area (Å²) in [5.74, 6) is -0.641. The molecular weight excluding hydrogens is 340 g/mol. The molecule has 1 saturated heterocycles. The van der Waals surface area contributed by atoms with E-state index < -0.39 is 31.0 Å². The molecule has 7 nitrogen and oxygen atoms in total. The van der Waals surface area contributed by atoms with Crippen molar-refractivity contribution in [2.45, 2.75) is 30.4 Å². The predicted octanol–water partition coefficient (Wildman–Crippen LogP) is 0.292. The Kier molecular flexibility index (Phi) is 4.84. The molecule has 1 unspecified atom stereocenters. The largest absolute Gasteiger partial charge is 0.338 e. The normalized spacial score (nSPS) is 21.7. The molecule has 1 fully saturated rings. The van der Waals surface area contributed by atoms with E-state index in [1.54, 1.807) is 19.9 Å². The van der Waals surface area contributed by atoms with Crippen LogP contribution in [0.3, 0.4) is 0 Å². The van der Waals surface area contributed by atoms with Gasteiger partial charge in [0.05, 0.1) is 21.5 Å². The monoisotopic (exact) mass is 360 g/mol. The number of primary sulfonamides is 1. The van der Waals surface area contributed by atoms with E-state index in [0.29, 0.717) is 6.42 Å². The first-order valence-corrected chi connectivity index (χ1v) is 10.4. The number of nitrogens with two attached hydrogens (primary N) is 1. The van der Waals surface area contributed by atoms with Gasteiger partial charge in [-0.2, -0.15) is 0 Å². The fourth-order valence-electron chi connectivity index (χ4n) is 2.50. The second kappa shape index (κ2) is 6.21. The molecule has 1 atom stereocenters. The van der Waals surface area contributed by atoms with Crippen LogP contribution in [0.1, 0.15) is 29.3 Å². The van der Waals surface area contributed by atoms with Crippen molar-refractivity contribution >= 4 is 25.8 Å². The Labute approximate surface area is 136 Å². The van der Waals surface area contributed by atoms with E-state index in [1.165, 1.54) is 17.0 Å². The van der Waals surface area contributed by atoms with Crippen molar-refractivity contribution in [2.75, 3.05) is 18.8 Å². The van der Waals surface area contributed by atoms with E-state index in [9.17, 15) is 21.6 Å². The second-order valence-electron chi connectivity index (χ2n) is 5.80. The molecule has 0 aliphatic carbocycles. The Morgan fingerprint density at radius 2 is 1.96 bits per heavy atom. The van der Waals surface area contributed by atoms with Crippen LogP contribution >= 0.6 is 0 Å². The van der Waals surface area contributed by atoms with E-state index in [4.69, 9.17) is 5.14 Å². The van der Waals surface area contributed by atoms with Gasteiger partial charge in [0.2, 0.25) is 10.0 Å². The van der Waals surface area contributed by atoms with Crippen molar-refractivity contribution < 1.29 is 21.6 Å². The smallest absolute Gasteiger partial charge is 0.255 e. The highest BCUT2D eigenvalue weighted by Crippen LogP contribution is 2.21. The first-order valence-electron chi connectivity index (χ1n) is 7.16. The average Bonchev–Trinajstić information content (AvgIpc) is 2.57. The summed E-state index contributed by atoms with van der Waals surface area (Å²) in [6.45, 7) is 3.66. The zero-order valence-electron chi connectivity index (χ0n) is 13.0. The minimum absolute atomic E-state index is 0.0144. The summed E-state index contributed by atoms with van der Waals surface area (Å²) < 4.78 is 47.2. The molecule has 0 saturated carbocycles. The minimum Gasteiger partial charge on any atom is -0.338 e. The third-order valence-electron chi connectivity index (χ3n) is 4.02. The topological polar surface area (TPSA) is 115 Å². The quantitative estimate of drug-likeness (QED) is 0.814. The summed E-state index contributed by atoms with van der Waals surface area (Å²) in [6.07, 6.45) is 0.324. The molecule has 1 aliphatic heterocycles. The summed E-state index contributed by atoms with van der Waals surface area (Å²) in [5, 5.41) is 4.66. The van der Waals surface area contributed by atoms with Crippen molar-refractivity contribution in [3.63, 3.8) is 0 Å². The minimum atomic E-state index is -4.04. The van der Waals surface area contributed by atoms with Crippen molar-refractivity contribution in [3.05, 3.63) is 29.3 Å². The number of nitrogens with zero attached hydrogens (tertiary/aromatic N) is 1. The molecule has 1 amide bonds. The lowest BCUT2D eigenvalue weighted by atomic mass is 10.1. The summed E-state index contributed by atoms with van der Waals surface area (Å²) in [6, 6.07) is 4.32. The number of carbonyl (C=O) groups excluding carboxylic acids is 1. The standard InChI is InChI=1S/C14H20N2O5S2/c1-10-3-4-13(23(15,20)21)12(9-10)14(17)16-6-5-11(2)22(18,19)8-7-16/h3-4,9,11H,5-8H2,1-2H3,(H2,15,20,21). The van der Waals surface area contributed by atoms with Gasteiger partial charge in [0.1, 0.15) is 0 Å². The van der Waals surface area contributed by atoms with E-state index in [2.05, 4.69) is 0 Å². The highest BCUT2D eigenvalue weighted by molar-refractivity contribution is 7.92. The van der Waals surface area contributed by atoms with Gasteiger partial charge < -0.3 is 4.90 Å². The number of hydrogen-bond acceptors (Lipinski definition) is 5. The van der Waals surface area contributed by atoms with Gasteiger partial charge >= 0.3 is 0 Å². The van der Waals surface area contributed by atoms with Crippen molar-refractivity contribution in [1.82, 2.24) is 4.90 Å². The van der Waals surface area contributed by atoms with Crippen LogP contribution < -0.4 is 5.14 Å². The number of rotatable bonds is 2. The Balaban J connectivity index is 2.40. The highest BCUT2D eigenvalue weighted by atomic mass is 32.2. The summed E-state index contributed by atoms with van der Waals surface area (Å²) in [7, 11) is -7.27. The molecule has 9 heteroatoms. The molecule has 1 aromatic rings. The lowest BCUT2D eigenvalue weighted by molar-refractivity contribution is 0.0763. The lowest BCUT2D eigenvalue weighted by Crippen LogP contribution is -2.35. The molecule has 2 N–H and O–H groups in total. The van der Waals surface area contributed by atoms with Crippen molar-refractivity contribution in [3.8, 4) is 0 Å². The maximum atomic E-state index is 12.7. The molecule has 0 aromatic heterocycles. The molecule has 1 aromatic carbocycles. The van der Waals surface area contributed by atoms with Crippen LogP contribution in [0.15, 0.2) is 23.1 Å². The second-order valence-corrected chi connectivity index (χ2v) is 9.87. The number of amides is 1. The van der Waals surface area contributed by atoms with E-state index in [1.807, 2.05) is 0 Å². The third-order valence-corrected chi connectivity index (χ3v) is 7.21. The van der Waals surface area contributed by atoms with Crippen LogP contribution in [0.2, 0.25) is 0 Å². The molecule has 23 heavy (non-hydrogen) atoms. The highest BCUT2D eigenvalue weighted by Gasteiger charge is 2.30. The fourth-order valence-corrected chi connectivity index (χ4v) is 4.55. The number of sulfonamides is 1. The third kappa shape index (κ3) is 3.91. The Hall–Kier alpha value is -1.45. The Morgan fingerprint density at radius 3 is 2.57 bits per heavy atom. The van der Waals surface area contributed by atoms with Crippen LogP contribution in [0.5, 0.6) is 0 Å². The van der Waals surface area contributed by atoms with Crippen LogP contribution in [0.25, 0.3) is 0 Å². The van der Waals surface area contributed by atoms with Gasteiger partial charge in [-0.15, -0.1) is 0 Å². The van der Waals surface area contributed by atoms with E-state index in [-0.39, 0.29) is 29.3 Å². The number of aryl methyl sites for hydroxylation is 1. The van der Waals surface area contributed by atoms with Gasteiger partial charge in [-0.05, 0) is 32.4 Å². The Morgan fingerprint density at radius 1 is 1.30 bits per heavy atom. The molecule has 1 aliphatic rings. The maximum absolute atomic E-state index is 12.7. The zero-order chi connectivity index (χ0) is 17.4. The average molecular weight is 360 g/mol. The van der Waals surface area contributed by atoms with Crippen LogP contribution in [0, 0.1) is 6.92 Å². The van der Waals surface area contributed by atoms with E-state index in [0.717, 1.165) is 5.56 Å². The number of hydrogen-bond donors (Lipinski definition) is 1. The first kappa shape index (κ1) is 17.9. The van der Waals surface area contributed by atoms with Gasteiger partial charge in [-0.3, -0.25) is 4.79 Å². The SMILES string of the molecule is Cc1ccc(S(N)(=O)=O)c(C(=O)N2CCC(C)S(=O)(=O)CC2)c1.